The molecule has 0 aliphatic rings. The van der Waals surface area contributed by atoms with E-state index in [-0.39, 0.29) is 6.10 Å². The molecule has 2 N–H and O–H groups in total. The number of hydrogen-bond donors (Lipinski definition) is 2. The molecule has 1 heterocycles. The van der Waals surface area contributed by atoms with Crippen LogP contribution in [0, 0.1) is 0 Å². The van der Waals surface area contributed by atoms with Gasteiger partial charge in [-0.05, 0) is 35.9 Å². The van der Waals surface area contributed by atoms with Crippen LogP contribution in [0.3, 0.4) is 0 Å². The van der Waals surface area contributed by atoms with E-state index in [4.69, 9.17) is 0 Å². The molecule has 2 rings (SSSR count). The molecule has 19 heavy (non-hydrogen) atoms. The molecule has 0 bridgehead atoms. The Labute approximate surface area is 119 Å². The summed E-state index contributed by atoms with van der Waals surface area (Å²) < 4.78 is 0. The maximum Gasteiger partial charge on any atom is 0.101 e. The summed E-state index contributed by atoms with van der Waals surface area (Å²) in [5.74, 6) is 0.549. The summed E-state index contributed by atoms with van der Waals surface area (Å²) in [5.41, 5.74) is 1.38. The number of thiophene rings is 1. The van der Waals surface area contributed by atoms with Gasteiger partial charge < -0.3 is 10.4 Å². The van der Waals surface area contributed by atoms with Crippen molar-refractivity contribution >= 4 is 11.3 Å². The number of rotatable bonds is 7. The van der Waals surface area contributed by atoms with Gasteiger partial charge in [0.25, 0.3) is 0 Å². The lowest BCUT2D eigenvalue weighted by atomic mass is 9.98. The van der Waals surface area contributed by atoms with Crippen molar-refractivity contribution in [3.05, 3.63) is 58.3 Å². The lowest BCUT2D eigenvalue weighted by molar-refractivity contribution is 0.178. The second-order valence-corrected chi connectivity index (χ2v) is 5.82. The van der Waals surface area contributed by atoms with E-state index >= 15 is 0 Å². The maximum absolute atomic E-state index is 9.94. The maximum atomic E-state index is 9.94. The number of nitrogens with one attached hydrogen (secondary N) is 1. The van der Waals surface area contributed by atoms with Crippen molar-refractivity contribution in [2.75, 3.05) is 13.1 Å². The SMILES string of the molecule is CC(CCNCC(O)c1cccs1)c1ccccc1. The first kappa shape index (κ1) is 14.3. The fourth-order valence-corrected chi connectivity index (χ4v) is 2.80. The lowest BCUT2D eigenvalue weighted by Crippen LogP contribution is -2.23. The number of benzene rings is 1. The fraction of sp³-hybridized carbons (Fsp3) is 0.375. The van der Waals surface area contributed by atoms with E-state index in [0.717, 1.165) is 17.8 Å². The highest BCUT2D eigenvalue weighted by Crippen LogP contribution is 2.19. The summed E-state index contributed by atoms with van der Waals surface area (Å²) >= 11 is 1.60. The standard InChI is InChI=1S/C16H21NOS/c1-13(14-6-3-2-4-7-14)9-10-17-12-15(18)16-8-5-11-19-16/h2-8,11,13,15,17-18H,9-10,12H2,1H3. The van der Waals surface area contributed by atoms with Crippen LogP contribution in [0.15, 0.2) is 47.8 Å². The molecule has 0 saturated carbocycles. The Morgan fingerprint density at radius 2 is 1.95 bits per heavy atom. The zero-order valence-corrected chi connectivity index (χ0v) is 12.1. The van der Waals surface area contributed by atoms with Crippen LogP contribution in [0.2, 0.25) is 0 Å². The van der Waals surface area contributed by atoms with E-state index in [1.165, 1.54) is 5.56 Å². The van der Waals surface area contributed by atoms with Gasteiger partial charge >= 0.3 is 0 Å². The molecule has 0 aliphatic carbocycles. The summed E-state index contributed by atoms with van der Waals surface area (Å²) in [5, 5.41) is 15.3. The van der Waals surface area contributed by atoms with E-state index < -0.39 is 0 Å². The molecule has 1 aromatic carbocycles. The van der Waals surface area contributed by atoms with Gasteiger partial charge in [-0.1, -0.05) is 43.3 Å². The molecule has 0 aliphatic heterocycles. The van der Waals surface area contributed by atoms with Gasteiger partial charge in [0, 0.05) is 11.4 Å². The van der Waals surface area contributed by atoms with Crippen molar-refractivity contribution in [2.24, 2.45) is 0 Å². The smallest absolute Gasteiger partial charge is 0.101 e. The largest absolute Gasteiger partial charge is 0.386 e. The molecule has 0 radical (unpaired) electrons. The van der Waals surface area contributed by atoms with Crippen molar-refractivity contribution in [1.29, 1.82) is 0 Å². The lowest BCUT2D eigenvalue weighted by Gasteiger charge is -2.14. The Kier molecular flexibility index (Phi) is 5.58. The zero-order chi connectivity index (χ0) is 13.5. The van der Waals surface area contributed by atoms with Gasteiger partial charge in [-0.3, -0.25) is 0 Å². The van der Waals surface area contributed by atoms with Crippen molar-refractivity contribution in [2.45, 2.75) is 25.4 Å². The predicted octanol–water partition coefficient (Wildman–Crippen LogP) is 3.56. The fourth-order valence-electron chi connectivity index (χ4n) is 2.09. The van der Waals surface area contributed by atoms with E-state index in [0.29, 0.717) is 12.5 Å². The number of aliphatic hydroxyl groups is 1. The molecule has 2 nitrogen and oxygen atoms in total. The Morgan fingerprint density at radius 1 is 1.16 bits per heavy atom. The first-order chi connectivity index (χ1) is 9.27. The first-order valence-corrected chi connectivity index (χ1v) is 7.62. The Morgan fingerprint density at radius 3 is 2.63 bits per heavy atom. The van der Waals surface area contributed by atoms with Crippen LogP contribution in [0.25, 0.3) is 0 Å². The predicted molar refractivity (Wildman–Crippen MR) is 81.6 cm³/mol. The third kappa shape index (κ3) is 4.46. The molecule has 0 saturated heterocycles. The number of aliphatic hydroxyl groups excluding tert-OH is 1. The molecule has 2 atom stereocenters. The van der Waals surface area contributed by atoms with Crippen LogP contribution in [0.5, 0.6) is 0 Å². The molecule has 0 amide bonds. The molecule has 2 aromatic rings. The zero-order valence-electron chi connectivity index (χ0n) is 11.3. The van der Waals surface area contributed by atoms with Gasteiger partial charge in [-0.2, -0.15) is 0 Å². The van der Waals surface area contributed by atoms with E-state index in [1.807, 2.05) is 23.6 Å². The summed E-state index contributed by atoms with van der Waals surface area (Å²) in [6.45, 7) is 3.80. The van der Waals surface area contributed by atoms with Crippen molar-refractivity contribution in [3.63, 3.8) is 0 Å². The first-order valence-electron chi connectivity index (χ1n) is 6.74. The van der Waals surface area contributed by atoms with E-state index in [1.54, 1.807) is 11.3 Å². The minimum Gasteiger partial charge on any atom is -0.386 e. The summed E-state index contributed by atoms with van der Waals surface area (Å²) in [4.78, 5) is 1.03. The van der Waals surface area contributed by atoms with Crippen molar-refractivity contribution in [1.82, 2.24) is 5.32 Å². The summed E-state index contributed by atoms with van der Waals surface area (Å²) in [6, 6.07) is 14.5. The molecular formula is C16H21NOS. The highest BCUT2D eigenvalue weighted by atomic mass is 32.1. The van der Waals surface area contributed by atoms with Gasteiger partial charge in [0.2, 0.25) is 0 Å². The van der Waals surface area contributed by atoms with Gasteiger partial charge in [0.1, 0.15) is 6.10 Å². The molecule has 1 aromatic heterocycles. The Balaban J connectivity index is 1.67. The quantitative estimate of drug-likeness (QED) is 0.757. The second kappa shape index (κ2) is 7.43. The van der Waals surface area contributed by atoms with Crippen molar-refractivity contribution < 1.29 is 5.11 Å². The van der Waals surface area contributed by atoms with Crippen LogP contribution in [0.1, 0.15) is 35.8 Å². The minimum absolute atomic E-state index is 0.382. The van der Waals surface area contributed by atoms with Gasteiger partial charge in [-0.25, -0.2) is 0 Å². The third-order valence-corrected chi connectivity index (χ3v) is 4.31. The third-order valence-electron chi connectivity index (χ3n) is 3.33. The average Bonchev–Trinajstić information content (AvgIpc) is 2.98. The van der Waals surface area contributed by atoms with Gasteiger partial charge in [0.15, 0.2) is 0 Å². The highest BCUT2D eigenvalue weighted by molar-refractivity contribution is 7.10. The normalized spacial score (nSPS) is 14.2. The Hall–Kier alpha value is -1.16. The monoisotopic (exact) mass is 275 g/mol. The number of hydrogen-bond acceptors (Lipinski definition) is 3. The highest BCUT2D eigenvalue weighted by Gasteiger charge is 2.08. The molecule has 0 fully saturated rings. The van der Waals surface area contributed by atoms with Crippen LogP contribution in [0.4, 0.5) is 0 Å². The van der Waals surface area contributed by atoms with Gasteiger partial charge in [-0.15, -0.1) is 11.3 Å². The summed E-state index contributed by atoms with van der Waals surface area (Å²) in [7, 11) is 0. The van der Waals surface area contributed by atoms with Crippen LogP contribution >= 0.6 is 11.3 Å². The van der Waals surface area contributed by atoms with E-state index in [2.05, 4.69) is 36.5 Å². The molecule has 0 spiro atoms. The van der Waals surface area contributed by atoms with Crippen LogP contribution < -0.4 is 5.32 Å². The van der Waals surface area contributed by atoms with Crippen LogP contribution in [-0.4, -0.2) is 18.2 Å². The van der Waals surface area contributed by atoms with Crippen molar-refractivity contribution in [3.8, 4) is 0 Å². The second-order valence-electron chi connectivity index (χ2n) is 4.84. The minimum atomic E-state index is -0.382. The topological polar surface area (TPSA) is 32.3 Å². The average molecular weight is 275 g/mol. The molecule has 102 valence electrons. The molecular weight excluding hydrogens is 254 g/mol. The van der Waals surface area contributed by atoms with Crippen LogP contribution in [-0.2, 0) is 0 Å². The summed E-state index contributed by atoms with van der Waals surface area (Å²) in [6.07, 6.45) is 0.702. The Bertz CT molecular complexity index is 455. The van der Waals surface area contributed by atoms with E-state index in [9.17, 15) is 5.11 Å². The molecule has 2 unspecified atom stereocenters. The molecule has 3 heteroatoms. The van der Waals surface area contributed by atoms with Gasteiger partial charge in [0.05, 0.1) is 0 Å².